The normalized spacial score (nSPS) is 21.3. The molecule has 0 aromatic carbocycles. The molecule has 1 amide bonds. The Morgan fingerprint density at radius 1 is 1.33 bits per heavy atom. The topological polar surface area (TPSA) is 86.4 Å². The molecule has 0 spiro atoms. The van der Waals surface area contributed by atoms with Gasteiger partial charge in [-0.2, -0.15) is 0 Å². The molecule has 1 N–H and O–H groups in total. The molecule has 0 aliphatic carbocycles. The van der Waals surface area contributed by atoms with Crippen molar-refractivity contribution in [2.24, 2.45) is 5.92 Å². The van der Waals surface area contributed by atoms with Gasteiger partial charge in [-0.15, -0.1) is 0 Å². The Bertz CT molecular complexity index is 632. The quantitative estimate of drug-likeness (QED) is 0.830. The van der Waals surface area contributed by atoms with Gasteiger partial charge in [-0.05, 0) is 12.8 Å². The summed E-state index contributed by atoms with van der Waals surface area (Å²) >= 11 is 0. The molecule has 1 saturated heterocycles. The number of nitrogens with one attached hydrogen (secondary N) is 1. The summed E-state index contributed by atoms with van der Waals surface area (Å²) in [5, 5.41) is 0. The molecule has 0 saturated carbocycles. The van der Waals surface area contributed by atoms with E-state index in [0.29, 0.717) is 39.0 Å². The van der Waals surface area contributed by atoms with Gasteiger partial charge in [0.25, 0.3) is 0 Å². The van der Waals surface area contributed by atoms with E-state index in [-0.39, 0.29) is 11.8 Å². The average Bonchev–Trinajstić information content (AvgIpc) is 2.93. The molecule has 7 nitrogen and oxygen atoms in total. The summed E-state index contributed by atoms with van der Waals surface area (Å²) in [5.74, 6) is 0.0795. The van der Waals surface area contributed by atoms with Crippen LogP contribution in [0.5, 0.6) is 0 Å². The summed E-state index contributed by atoms with van der Waals surface area (Å²) in [7, 11) is -3.14. The number of aromatic nitrogens is 2. The smallest absolute Gasteiger partial charge is 0.226 e. The molecule has 0 unspecified atom stereocenters. The number of carbonyl (C=O) groups excluding carboxylic acids is 1. The number of aromatic amines is 1. The first kappa shape index (κ1) is 14.5. The maximum Gasteiger partial charge on any atom is 0.226 e. The number of sulfonamides is 1. The van der Waals surface area contributed by atoms with Gasteiger partial charge in [0.15, 0.2) is 0 Å². The lowest BCUT2D eigenvalue weighted by Crippen LogP contribution is -2.45. The van der Waals surface area contributed by atoms with Gasteiger partial charge in [0.2, 0.25) is 15.9 Å². The first-order valence-electron chi connectivity index (χ1n) is 7.20. The van der Waals surface area contributed by atoms with Crippen LogP contribution < -0.4 is 0 Å². The van der Waals surface area contributed by atoms with Crippen molar-refractivity contribution in [2.45, 2.75) is 25.8 Å². The van der Waals surface area contributed by atoms with Gasteiger partial charge in [0.05, 0.1) is 30.5 Å². The summed E-state index contributed by atoms with van der Waals surface area (Å²) in [4.78, 5) is 21.7. The largest absolute Gasteiger partial charge is 0.347 e. The van der Waals surface area contributed by atoms with Crippen LogP contribution >= 0.6 is 0 Å². The zero-order chi connectivity index (χ0) is 15.0. The van der Waals surface area contributed by atoms with Crippen molar-refractivity contribution in [3.05, 3.63) is 17.7 Å². The van der Waals surface area contributed by atoms with Gasteiger partial charge < -0.3 is 9.88 Å². The Morgan fingerprint density at radius 2 is 2.05 bits per heavy atom. The molecule has 2 aliphatic heterocycles. The second-order valence-corrected chi connectivity index (χ2v) is 7.76. The van der Waals surface area contributed by atoms with Gasteiger partial charge in [0, 0.05) is 32.0 Å². The molecular weight excluding hydrogens is 292 g/mol. The third-order valence-corrected chi connectivity index (χ3v) is 5.66. The Kier molecular flexibility index (Phi) is 3.75. The summed E-state index contributed by atoms with van der Waals surface area (Å²) in [6.45, 7) is 2.17. The molecule has 1 aromatic rings. The monoisotopic (exact) mass is 312 g/mol. The molecule has 0 bridgehead atoms. The molecule has 0 radical (unpaired) electrons. The fourth-order valence-corrected chi connectivity index (χ4v) is 3.97. The fourth-order valence-electron chi connectivity index (χ4n) is 3.09. The van der Waals surface area contributed by atoms with E-state index in [1.54, 1.807) is 6.33 Å². The number of hydrogen-bond acceptors (Lipinski definition) is 4. The van der Waals surface area contributed by atoms with Crippen molar-refractivity contribution in [2.75, 3.05) is 25.9 Å². The predicted octanol–water partition coefficient (Wildman–Crippen LogP) is -0.0340. The molecule has 8 heteroatoms. The van der Waals surface area contributed by atoms with E-state index >= 15 is 0 Å². The second-order valence-electron chi connectivity index (χ2n) is 5.77. The number of amides is 1. The summed E-state index contributed by atoms with van der Waals surface area (Å²) in [6.07, 6.45) is 4.89. The number of carbonyl (C=O) groups is 1. The summed E-state index contributed by atoms with van der Waals surface area (Å²) < 4.78 is 24.4. The van der Waals surface area contributed by atoms with Crippen molar-refractivity contribution < 1.29 is 13.2 Å². The summed E-state index contributed by atoms with van der Waals surface area (Å²) in [6, 6.07) is 0. The highest BCUT2D eigenvalue weighted by molar-refractivity contribution is 7.88. The standard InChI is InChI=1S/C13H20N4O3S/c1-21(19,20)17-6-2-10(3-7-17)13(18)16-5-4-11-12(8-16)15-9-14-11/h9-10H,2-8H2,1H3,(H,14,15). The van der Waals surface area contributed by atoms with Crippen molar-refractivity contribution in [3.8, 4) is 0 Å². The molecule has 116 valence electrons. The minimum absolute atomic E-state index is 0.0625. The first-order chi connectivity index (χ1) is 9.95. The fraction of sp³-hybridized carbons (Fsp3) is 0.692. The van der Waals surface area contributed by atoms with Crippen molar-refractivity contribution in [3.63, 3.8) is 0 Å². The van der Waals surface area contributed by atoms with E-state index in [1.807, 2.05) is 4.90 Å². The second kappa shape index (κ2) is 5.42. The van der Waals surface area contributed by atoms with Crippen LogP contribution in [0.2, 0.25) is 0 Å². The van der Waals surface area contributed by atoms with Crippen LogP contribution in [0.15, 0.2) is 6.33 Å². The highest BCUT2D eigenvalue weighted by atomic mass is 32.2. The maximum atomic E-state index is 12.6. The summed E-state index contributed by atoms with van der Waals surface area (Å²) in [5.41, 5.74) is 2.06. The van der Waals surface area contributed by atoms with Crippen LogP contribution in [-0.2, 0) is 27.8 Å². The number of piperidine rings is 1. The van der Waals surface area contributed by atoms with Gasteiger partial charge >= 0.3 is 0 Å². The van der Waals surface area contributed by atoms with Crippen LogP contribution in [0.3, 0.4) is 0 Å². The molecule has 0 atom stereocenters. The van der Waals surface area contributed by atoms with Gasteiger partial charge in [-0.25, -0.2) is 17.7 Å². The van der Waals surface area contributed by atoms with E-state index in [2.05, 4.69) is 9.97 Å². The van der Waals surface area contributed by atoms with Crippen molar-refractivity contribution in [1.29, 1.82) is 0 Å². The number of rotatable bonds is 2. The van der Waals surface area contributed by atoms with E-state index in [4.69, 9.17) is 0 Å². The van der Waals surface area contributed by atoms with Gasteiger partial charge in [-0.3, -0.25) is 4.79 Å². The van der Waals surface area contributed by atoms with Crippen molar-refractivity contribution in [1.82, 2.24) is 19.2 Å². The number of fused-ring (bicyclic) bond motifs is 1. The van der Waals surface area contributed by atoms with Crippen LogP contribution in [-0.4, -0.2) is 59.4 Å². The van der Waals surface area contributed by atoms with E-state index in [1.165, 1.54) is 10.6 Å². The lowest BCUT2D eigenvalue weighted by atomic mass is 9.95. The molecule has 1 aromatic heterocycles. The van der Waals surface area contributed by atoms with Crippen LogP contribution in [0.1, 0.15) is 24.2 Å². The van der Waals surface area contributed by atoms with Gasteiger partial charge in [-0.1, -0.05) is 0 Å². The zero-order valence-electron chi connectivity index (χ0n) is 12.1. The third kappa shape index (κ3) is 2.96. The minimum Gasteiger partial charge on any atom is -0.347 e. The lowest BCUT2D eigenvalue weighted by Gasteiger charge is -2.34. The molecule has 1 fully saturated rings. The molecule has 3 heterocycles. The third-order valence-electron chi connectivity index (χ3n) is 4.36. The molecule has 21 heavy (non-hydrogen) atoms. The Labute approximate surface area is 124 Å². The highest BCUT2D eigenvalue weighted by Gasteiger charge is 2.32. The van der Waals surface area contributed by atoms with E-state index in [0.717, 1.165) is 17.8 Å². The van der Waals surface area contributed by atoms with Gasteiger partial charge in [0.1, 0.15) is 0 Å². The first-order valence-corrected chi connectivity index (χ1v) is 9.05. The Morgan fingerprint density at radius 3 is 2.71 bits per heavy atom. The van der Waals surface area contributed by atoms with E-state index in [9.17, 15) is 13.2 Å². The maximum absolute atomic E-state index is 12.6. The van der Waals surface area contributed by atoms with E-state index < -0.39 is 10.0 Å². The highest BCUT2D eigenvalue weighted by Crippen LogP contribution is 2.24. The molecule has 2 aliphatic rings. The molecule has 3 rings (SSSR count). The SMILES string of the molecule is CS(=O)(=O)N1CCC(C(=O)N2CCc3nc[nH]c3C2)CC1. The lowest BCUT2D eigenvalue weighted by molar-refractivity contribution is -0.137. The van der Waals surface area contributed by atoms with Crippen LogP contribution in [0, 0.1) is 5.92 Å². The number of H-pyrrole nitrogens is 1. The Balaban J connectivity index is 1.60. The van der Waals surface area contributed by atoms with Crippen LogP contribution in [0.25, 0.3) is 0 Å². The van der Waals surface area contributed by atoms with Crippen molar-refractivity contribution >= 4 is 15.9 Å². The zero-order valence-corrected chi connectivity index (χ0v) is 12.9. The number of imidazole rings is 1. The predicted molar refractivity (Wildman–Crippen MR) is 76.8 cm³/mol. The average molecular weight is 312 g/mol. The number of nitrogens with zero attached hydrogens (tertiary/aromatic N) is 3. The molecular formula is C13H20N4O3S. The Hall–Kier alpha value is -1.41. The van der Waals surface area contributed by atoms with Crippen LogP contribution in [0.4, 0.5) is 0 Å². The minimum atomic E-state index is -3.14. The number of hydrogen-bond donors (Lipinski definition) is 1.